The number of rotatable bonds is 4. The van der Waals surface area contributed by atoms with E-state index in [1.807, 2.05) is 13.8 Å². The first-order valence-electron chi connectivity index (χ1n) is 9.49. The van der Waals surface area contributed by atoms with Crippen LogP contribution in [0.3, 0.4) is 0 Å². The molecule has 154 valence electrons. The number of carbonyl (C=O) groups excluding carboxylic acids is 2. The average Bonchev–Trinajstić information content (AvgIpc) is 2.57. The van der Waals surface area contributed by atoms with Crippen molar-refractivity contribution in [2.24, 2.45) is 11.3 Å². The number of nitrogens with one attached hydrogen (secondary N) is 2. The number of aromatic nitrogens is 1. The maximum absolute atomic E-state index is 12.5. The van der Waals surface area contributed by atoms with Gasteiger partial charge in [0.25, 0.3) is 11.5 Å². The number of sulfonamides is 1. The lowest BCUT2D eigenvalue weighted by molar-refractivity contribution is 0.0910. The molecule has 0 bridgehead atoms. The van der Waals surface area contributed by atoms with E-state index in [1.165, 1.54) is 16.6 Å². The van der Waals surface area contributed by atoms with Gasteiger partial charge in [-0.3, -0.25) is 14.4 Å². The molecule has 9 heteroatoms. The smallest absolute Gasteiger partial charge is 0.261 e. The topological polar surface area (TPSA) is 116 Å². The number of aromatic amines is 1. The van der Waals surface area contributed by atoms with Crippen molar-refractivity contribution in [3.8, 4) is 0 Å². The minimum atomic E-state index is -3.18. The van der Waals surface area contributed by atoms with Gasteiger partial charge in [-0.2, -0.15) is 0 Å². The summed E-state index contributed by atoms with van der Waals surface area (Å²) in [6.07, 6.45) is 3.47. The van der Waals surface area contributed by atoms with Gasteiger partial charge in [0.1, 0.15) is 5.56 Å². The summed E-state index contributed by atoms with van der Waals surface area (Å²) >= 11 is 0. The Morgan fingerprint density at radius 2 is 1.89 bits per heavy atom. The van der Waals surface area contributed by atoms with Crippen LogP contribution in [0, 0.1) is 11.3 Å². The second kappa shape index (κ2) is 7.44. The highest BCUT2D eigenvalue weighted by molar-refractivity contribution is 7.88. The molecule has 28 heavy (non-hydrogen) atoms. The van der Waals surface area contributed by atoms with E-state index in [0.717, 1.165) is 0 Å². The zero-order chi connectivity index (χ0) is 20.7. The molecule has 2 aliphatic rings. The number of piperidine rings is 1. The molecule has 1 aliphatic carbocycles. The lowest BCUT2D eigenvalue weighted by atomic mass is 9.75. The van der Waals surface area contributed by atoms with Crippen LogP contribution in [-0.2, 0) is 16.4 Å². The van der Waals surface area contributed by atoms with Crippen LogP contribution in [0.25, 0.3) is 0 Å². The summed E-state index contributed by atoms with van der Waals surface area (Å²) in [5.41, 5.74) is 0.257. The van der Waals surface area contributed by atoms with Gasteiger partial charge < -0.3 is 10.3 Å². The first kappa shape index (κ1) is 20.7. The van der Waals surface area contributed by atoms with E-state index < -0.39 is 21.5 Å². The van der Waals surface area contributed by atoms with Crippen LogP contribution >= 0.6 is 0 Å². The van der Waals surface area contributed by atoms with Crippen molar-refractivity contribution in [3.63, 3.8) is 0 Å². The summed E-state index contributed by atoms with van der Waals surface area (Å²) < 4.78 is 24.5. The minimum absolute atomic E-state index is 0.0552. The molecule has 1 aromatic heterocycles. The van der Waals surface area contributed by atoms with Crippen LogP contribution in [0.4, 0.5) is 0 Å². The van der Waals surface area contributed by atoms with Crippen molar-refractivity contribution >= 4 is 21.7 Å². The maximum Gasteiger partial charge on any atom is 0.261 e. The van der Waals surface area contributed by atoms with E-state index >= 15 is 0 Å². The molecular formula is C19H27N3O5S. The lowest BCUT2D eigenvalue weighted by Gasteiger charge is -2.30. The second-order valence-corrected chi connectivity index (χ2v) is 10.6. The van der Waals surface area contributed by atoms with E-state index in [-0.39, 0.29) is 22.7 Å². The number of hydrogen-bond acceptors (Lipinski definition) is 5. The van der Waals surface area contributed by atoms with Crippen molar-refractivity contribution in [1.82, 2.24) is 14.6 Å². The number of ketones is 1. The van der Waals surface area contributed by atoms with Gasteiger partial charge in [0.05, 0.1) is 6.26 Å². The highest BCUT2D eigenvalue weighted by Gasteiger charge is 2.33. The third kappa shape index (κ3) is 4.52. The summed E-state index contributed by atoms with van der Waals surface area (Å²) in [4.78, 5) is 40.0. The molecule has 0 spiro atoms. The molecule has 8 nitrogen and oxygen atoms in total. The number of H-pyrrole nitrogens is 1. The van der Waals surface area contributed by atoms with Crippen molar-refractivity contribution in [1.29, 1.82) is 0 Å². The number of Topliss-reactive ketones (excluding diaryl/α,β-unsaturated/α-hetero) is 1. The third-order valence-electron chi connectivity index (χ3n) is 5.56. The summed E-state index contributed by atoms with van der Waals surface area (Å²) in [5, 5.41) is 2.76. The molecule has 1 aliphatic heterocycles. The molecule has 2 N–H and O–H groups in total. The van der Waals surface area contributed by atoms with E-state index in [4.69, 9.17) is 0 Å². The normalized spacial score (nSPS) is 20.6. The lowest BCUT2D eigenvalue weighted by Crippen LogP contribution is -2.41. The Kier molecular flexibility index (Phi) is 5.51. The highest BCUT2D eigenvalue weighted by Crippen LogP contribution is 2.33. The Balaban J connectivity index is 1.65. The predicted molar refractivity (Wildman–Crippen MR) is 105 cm³/mol. The Bertz CT molecular complexity index is 956. The van der Waals surface area contributed by atoms with Gasteiger partial charge in [0.2, 0.25) is 10.0 Å². The molecule has 0 atom stereocenters. The standard InChI is InChI=1S/C19H27N3O5S/c1-19(2)9-15-13(16(23)10-19)8-14(18(25)21-15)17(24)20-11-12-4-6-22(7-5-12)28(3,26)27/h8,12H,4-7,9-11H2,1-3H3,(H,20,24)(H,21,25). The number of nitrogens with zero attached hydrogens (tertiary/aromatic N) is 1. The number of amides is 1. The zero-order valence-corrected chi connectivity index (χ0v) is 17.3. The quantitative estimate of drug-likeness (QED) is 0.767. The fraction of sp³-hybridized carbons (Fsp3) is 0.632. The fourth-order valence-corrected chi connectivity index (χ4v) is 4.85. The highest BCUT2D eigenvalue weighted by atomic mass is 32.2. The largest absolute Gasteiger partial charge is 0.352 e. The summed E-state index contributed by atoms with van der Waals surface area (Å²) in [6, 6.07) is 1.41. The Labute approximate surface area is 164 Å². The van der Waals surface area contributed by atoms with Gasteiger partial charge >= 0.3 is 0 Å². The van der Waals surface area contributed by atoms with Gasteiger partial charge in [-0.25, -0.2) is 12.7 Å². The molecular weight excluding hydrogens is 382 g/mol. The van der Waals surface area contributed by atoms with Gasteiger partial charge in [-0.15, -0.1) is 0 Å². The van der Waals surface area contributed by atoms with Gasteiger partial charge in [-0.1, -0.05) is 13.8 Å². The van der Waals surface area contributed by atoms with Crippen LogP contribution in [0.5, 0.6) is 0 Å². The molecule has 0 aromatic carbocycles. The molecule has 3 rings (SSSR count). The second-order valence-electron chi connectivity index (χ2n) is 8.66. The van der Waals surface area contributed by atoms with Gasteiger partial charge in [-0.05, 0) is 36.7 Å². The number of carbonyl (C=O) groups is 2. The number of fused-ring (bicyclic) bond motifs is 1. The van der Waals surface area contributed by atoms with Crippen LogP contribution < -0.4 is 10.9 Å². The SMILES string of the molecule is CC1(C)CC(=O)c2cc(C(=O)NCC3CCN(S(C)(=O)=O)CC3)c(=O)[nH]c2C1. The molecule has 2 heterocycles. The van der Waals surface area contributed by atoms with E-state index in [0.29, 0.717) is 56.6 Å². The molecule has 1 aromatic rings. The monoisotopic (exact) mass is 409 g/mol. The molecule has 0 unspecified atom stereocenters. The first-order valence-corrected chi connectivity index (χ1v) is 11.3. The fourth-order valence-electron chi connectivity index (χ4n) is 3.97. The molecule has 1 amide bonds. The maximum atomic E-state index is 12.5. The summed E-state index contributed by atoms with van der Waals surface area (Å²) in [5.74, 6) is -0.419. The first-order chi connectivity index (χ1) is 13.0. The summed E-state index contributed by atoms with van der Waals surface area (Å²) in [7, 11) is -3.18. The van der Waals surface area contributed by atoms with E-state index in [9.17, 15) is 22.8 Å². The summed E-state index contributed by atoms with van der Waals surface area (Å²) in [6.45, 7) is 5.18. The van der Waals surface area contributed by atoms with Gasteiger partial charge in [0, 0.05) is 37.3 Å². The molecule has 1 fully saturated rings. The van der Waals surface area contributed by atoms with Crippen molar-refractivity contribution in [3.05, 3.63) is 33.2 Å². The van der Waals surface area contributed by atoms with Crippen molar-refractivity contribution in [2.75, 3.05) is 25.9 Å². The Morgan fingerprint density at radius 3 is 2.50 bits per heavy atom. The van der Waals surface area contributed by atoms with E-state index in [1.54, 1.807) is 0 Å². The van der Waals surface area contributed by atoms with Crippen molar-refractivity contribution in [2.45, 2.75) is 39.5 Å². The molecule has 0 saturated carbocycles. The predicted octanol–water partition coefficient (Wildman–Crippen LogP) is 0.931. The van der Waals surface area contributed by atoms with Crippen molar-refractivity contribution < 1.29 is 18.0 Å². The molecule has 1 saturated heterocycles. The average molecular weight is 410 g/mol. The van der Waals surface area contributed by atoms with Crippen LogP contribution in [-0.4, -0.2) is 55.3 Å². The number of hydrogen-bond donors (Lipinski definition) is 2. The third-order valence-corrected chi connectivity index (χ3v) is 6.86. The van der Waals surface area contributed by atoms with Crippen LogP contribution in [0.15, 0.2) is 10.9 Å². The Morgan fingerprint density at radius 1 is 1.25 bits per heavy atom. The van der Waals surface area contributed by atoms with E-state index in [2.05, 4.69) is 10.3 Å². The number of pyridine rings is 1. The van der Waals surface area contributed by atoms with Crippen LogP contribution in [0.2, 0.25) is 0 Å². The zero-order valence-electron chi connectivity index (χ0n) is 16.5. The minimum Gasteiger partial charge on any atom is -0.352 e. The Hall–Kier alpha value is -2.00. The van der Waals surface area contributed by atoms with Gasteiger partial charge in [0.15, 0.2) is 5.78 Å². The molecule has 0 radical (unpaired) electrons. The van der Waals surface area contributed by atoms with Crippen LogP contribution in [0.1, 0.15) is 59.5 Å².